The second-order valence-electron chi connectivity index (χ2n) is 7.66. The molecule has 0 spiro atoms. The zero-order valence-electron chi connectivity index (χ0n) is 17.8. The maximum Gasteiger partial charge on any atom is 0.411 e. The van der Waals surface area contributed by atoms with Gasteiger partial charge in [-0.25, -0.2) is 14.4 Å². The molecule has 0 fully saturated rings. The van der Waals surface area contributed by atoms with Crippen molar-refractivity contribution in [3.63, 3.8) is 0 Å². The van der Waals surface area contributed by atoms with Crippen LogP contribution in [0.2, 0.25) is 0 Å². The van der Waals surface area contributed by atoms with Crippen molar-refractivity contribution in [2.45, 2.75) is 27.3 Å². The number of hydrogen-bond acceptors (Lipinski definition) is 7. The van der Waals surface area contributed by atoms with Crippen LogP contribution in [-0.4, -0.2) is 29.5 Å². The van der Waals surface area contributed by atoms with E-state index in [0.29, 0.717) is 17.0 Å². The van der Waals surface area contributed by atoms with Crippen LogP contribution in [0.5, 0.6) is 0 Å². The summed E-state index contributed by atoms with van der Waals surface area (Å²) in [5.74, 6) is 0.177. The first-order valence-corrected chi connectivity index (χ1v) is 10.1. The third kappa shape index (κ3) is 3.22. The summed E-state index contributed by atoms with van der Waals surface area (Å²) in [7, 11) is 0. The first-order chi connectivity index (χ1) is 15.4. The zero-order valence-corrected chi connectivity index (χ0v) is 17.8. The Morgan fingerprint density at radius 2 is 1.75 bits per heavy atom. The Bertz CT molecular complexity index is 1490. The molecule has 0 bridgehead atoms. The van der Waals surface area contributed by atoms with Crippen molar-refractivity contribution >= 4 is 11.6 Å². The molecule has 0 amide bonds. The number of pyridine rings is 1. The van der Waals surface area contributed by atoms with Crippen molar-refractivity contribution in [1.82, 2.24) is 29.5 Å². The summed E-state index contributed by atoms with van der Waals surface area (Å²) in [6, 6.07) is 13.7. The summed E-state index contributed by atoms with van der Waals surface area (Å²) in [6.07, 6.45) is 0. The van der Waals surface area contributed by atoms with Gasteiger partial charge < -0.3 is 0 Å². The lowest BCUT2D eigenvalue weighted by atomic mass is 9.99. The molecule has 0 aliphatic carbocycles. The fourth-order valence-electron chi connectivity index (χ4n) is 3.86. The molecule has 160 valence electrons. The highest BCUT2D eigenvalue weighted by molar-refractivity contribution is 5.88. The van der Waals surface area contributed by atoms with Crippen molar-refractivity contribution in [3.8, 4) is 22.4 Å². The highest BCUT2D eigenvalue weighted by Crippen LogP contribution is 2.32. The molecule has 1 aromatic carbocycles. The average molecular weight is 429 g/mol. The van der Waals surface area contributed by atoms with Gasteiger partial charge in [-0.15, -0.1) is 9.50 Å². The Morgan fingerprint density at radius 1 is 1.03 bits per heavy atom. The number of H-pyrrole nitrogens is 1. The van der Waals surface area contributed by atoms with Gasteiger partial charge in [0.1, 0.15) is 17.1 Å². The molecule has 0 radical (unpaired) electrons. The van der Waals surface area contributed by atoms with E-state index in [9.17, 15) is 4.79 Å². The van der Waals surface area contributed by atoms with E-state index in [4.69, 9.17) is 10.4 Å². The van der Waals surface area contributed by atoms with Crippen LogP contribution < -0.4 is 16.4 Å². The number of fused-ring (bicyclic) bond motifs is 1. The molecule has 3 N–H and O–H groups in total. The maximum absolute atomic E-state index is 13.2. The fourth-order valence-corrected chi connectivity index (χ4v) is 3.86. The summed E-state index contributed by atoms with van der Waals surface area (Å²) in [4.78, 5) is 20.9. The lowest BCUT2D eigenvalue weighted by Crippen LogP contribution is -2.28. The number of benzene rings is 1. The number of nitrogens with zero attached hydrogens (tertiary/aromatic N) is 6. The summed E-state index contributed by atoms with van der Waals surface area (Å²) in [6.45, 7) is 5.74. The molecule has 10 nitrogen and oxygen atoms in total. The lowest BCUT2D eigenvalue weighted by molar-refractivity contribution is -0.351. The summed E-state index contributed by atoms with van der Waals surface area (Å²) < 4.78 is 7.45. The lowest BCUT2D eigenvalue weighted by Gasteiger charge is -2.10. The van der Waals surface area contributed by atoms with E-state index in [1.54, 1.807) is 6.92 Å². The quantitative estimate of drug-likeness (QED) is 0.462. The Balaban J connectivity index is 1.84. The van der Waals surface area contributed by atoms with E-state index < -0.39 is 0 Å². The van der Waals surface area contributed by atoms with Crippen LogP contribution in [0.4, 0.5) is 5.95 Å². The van der Waals surface area contributed by atoms with Crippen molar-refractivity contribution in [2.75, 3.05) is 5.73 Å². The van der Waals surface area contributed by atoms with Crippen LogP contribution in [0.3, 0.4) is 0 Å². The van der Waals surface area contributed by atoms with Crippen molar-refractivity contribution in [1.29, 1.82) is 0 Å². The Morgan fingerprint density at radius 3 is 2.41 bits per heavy atom. The van der Waals surface area contributed by atoms with Gasteiger partial charge in [-0.1, -0.05) is 40.6 Å². The average Bonchev–Trinajstić information content (AvgIpc) is 3.31. The van der Waals surface area contributed by atoms with E-state index in [-0.39, 0.29) is 18.2 Å². The first kappa shape index (κ1) is 19.6. The summed E-state index contributed by atoms with van der Waals surface area (Å²) >= 11 is 0. The van der Waals surface area contributed by atoms with Gasteiger partial charge in [0.25, 0.3) is 0 Å². The topological polar surface area (TPSA) is 131 Å². The normalized spacial score (nSPS) is 11.3. The number of anilines is 1. The molecule has 0 unspecified atom stereocenters. The molecule has 0 saturated heterocycles. The highest BCUT2D eigenvalue weighted by Gasteiger charge is 2.26. The Kier molecular flexibility index (Phi) is 4.54. The number of nitrogen functional groups attached to an aromatic ring is 1. The standard InChI is InChI=1S/C22H20N8O2/c1-12-9-16(10-13(2)24-12)18-19(15-7-5-4-6-8-15)25-21(23)30-20(18)26-29(22(30)31)11-17-14(3)27-32-28-17/h4-10H,11H2,1-3H3,(H2,23,25)/p+1. The van der Waals surface area contributed by atoms with Crippen LogP contribution in [0.15, 0.2) is 51.9 Å². The highest BCUT2D eigenvalue weighted by atomic mass is 16.6. The van der Waals surface area contributed by atoms with Crippen molar-refractivity contribution in [3.05, 3.63) is 75.7 Å². The predicted molar refractivity (Wildman–Crippen MR) is 117 cm³/mol. The van der Waals surface area contributed by atoms with Gasteiger partial charge in [-0.3, -0.25) is 10.7 Å². The number of aryl methyl sites for hydroxylation is 3. The van der Waals surface area contributed by atoms with Gasteiger partial charge in [0.15, 0.2) is 0 Å². The molecule has 0 aliphatic rings. The molecule has 0 atom stereocenters. The number of nitrogens with two attached hydrogens (primary N) is 1. The predicted octanol–water partition coefficient (Wildman–Crippen LogP) is 1.98. The molecular formula is C22H21N8O2+. The van der Waals surface area contributed by atoms with Gasteiger partial charge in [0.05, 0.1) is 12.1 Å². The molecule has 5 aromatic rings. The van der Waals surface area contributed by atoms with E-state index >= 15 is 0 Å². The second-order valence-corrected chi connectivity index (χ2v) is 7.66. The molecule has 32 heavy (non-hydrogen) atoms. The first-order valence-electron chi connectivity index (χ1n) is 10.1. The minimum atomic E-state index is -0.389. The minimum absolute atomic E-state index is 0.115. The van der Waals surface area contributed by atoms with Gasteiger partial charge in [-0.05, 0) is 38.5 Å². The molecule has 10 heteroatoms. The van der Waals surface area contributed by atoms with Gasteiger partial charge in [0, 0.05) is 17.0 Å². The number of aromatic amines is 1. The minimum Gasteiger partial charge on any atom is -0.290 e. The molecule has 4 heterocycles. The third-order valence-corrected chi connectivity index (χ3v) is 5.29. The van der Waals surface area contributed by atoms with Crippen LogP contribution in [0, 0.1) is 20.8 Å². The van der Waals surface area contributed by atoms with Gasteiger partial charge >= 0.3 is 11.6 Å². The molecular weight excluding hydrogens is 408 g/mol. The van der Waals surface area contributed by atoms with Gasteiger partial charge in [-0.2, -0.15) is 4.68 Å². The number of nitrogens with one attached hydrogen (secondary N) is 1. The van der Waals surface area contributed by atoms with Crippen LogP contribution >= 0.6 is 0 Å². The molecule has 0 saturated carbocycles. The van der Waals surface area contributed by atoms with E-state index in [0.717, 1.165) is 33.8 Å². The molecule has 4 aromatic heterocycles. The second kappa shape index (κ2) is 7.41. The van der Waals surface area contributed by atoms with Crippen molar-refractivity contribution < 1.29 is 9.61 Å². The largest absolute Gasteiger partial charge is 0.411 e. The smallest absolute Gasteiger partial charge is 0.290 e. The van der Waals surface area contributed by atoms with Crippen LogP contribution in [0.25, 0.3) is 28.0 Å². The fraction of sp³-hybridized carbons (Fsp3) is 0.182. The van der Waals surface area contributed by atoms with Gasteiger partial charge in [0.2, 0.25) is 5.65 Å². The number of aromatic nitrogens is 7. The van der Waals surface area contributed by atoms with Crippen molar-refractivity contribution in [2.24, 2.45) is 0 Å². The SMILES string of the molecule is Cc1cc(-c2c(-c3ccccc3)[nH+]c(N)n3c(=O)n(Cc4nonc4C)nc23)cc(C)n1. The third-order valence-electron chi connectivity index (χ3n) is 5.29. The van der Waals surface area contributed by atoms with E-state index in [1.807, 2.05) is 56.3 Å². The Hall–Kier alpha value is -4.34. The molecule has 0 aliphatic heterocycles. The number of hydrogen-bond donors (Lipinski definition) is 1. The maximum atomic E-state index is 13.2. The monoisotopic (exact) mass is 429 g/mol. The van der Waals surface area contributed by atoms with Crippen LogP contribution in [0.1, 0.15) is 22.8 Å². The Labute approximate surface area is 182 Å². The zero-order chi connectivity index (χ0) is 22.4. The van der Waals surface area contributed by atoms with E-state index in [1.165, 1.54) is 9.08 Å². The summed E-state index contributed by atoms with van der Waals surface area (Å²) in [5.41, 5.74) is 12.5. The van der Waals surface area contributed by atoms with Crippen LogP contribution in [-0.2, 0) is 6.54 Å². The van der Waals surface area contributed by atoms with E-state index in [2.05, 4.69) is 25.4 Å². The molecule has 5 rings (SSSR count). The number of rotatable bonds is 4. The summed E-state index contributed by atoms with van der Waals surface area (Å²) in [5, 5.41) is 12.3.